The Hall–Kier alpha value is -3.54. The second-order valence-corrected chi connectivity index (χ2v) is 12.8. The highest BCUT2D eigenvalue weighted by atomic mass is 16.6. The minimum Gasteiger partial charge on any atom is -0.444 e. The van der Waals surface area contributed by atoms with Crippen LogP contribution in [0.1, 0.15) is 83.3 Å². The van der Waals surface area contributed by atoms with Crippen LogP contribution in [0.5, 0.6) is 5.75 Å². The third-order valence-electron chi connectivity index (χ3n) is 8.37. The summed E-state index contributed by atoms with van der Waals surface area (Å²) in [5.74, 6) is 2.32. The topological polar surface area (TPSA) is 105 Å². The zero-order chi connectivity index (χ0) is 30.3. The fourth-order valence-electron chi connectivity index (χ4n) is 6.03. The standard InChI is InChI=1S/C33H45N3O6/c1-5-27(21-30(38)41-28-13-12-24-8-6-9-25(24)20-28)34-31(39)26-10-7-17-36(22-26)29(37)14-11-23-15-18-35(19-16-23)32(40)42-33(2,3)4/h1,12-13,20,23,26-27H,6-11,14-19,21-22H2,2-4H3,(H,34,39)/t26-,27-/m1/s1. The highest BCUT2D eigenvalue weighted by Gasteiger charge is 2.31. The van der Waals surface area contributed by atoms with Crippen LogP contribution in [-0.4, -0.2) is 71.5 Å². The number of carbonyl (C=O) groups is 4. The van der Waals surface area contributed by atoms with Gasteiger partial charge in [0.25, 0.3) is 0 Å². The van der Waals surface area contributed by atoms with Gasteiger partial charge in [0, 0.05) is 32.6 Å². The molecule has 2 saturated heterocycles. The molecule has 0 spiro atoms. The molecule has 9 nitrogen and oxygen atoms in total. The number of aryl methyl sites for hydroxylation is 2. The number of nitrogens with zero attached hydrogens (tertiary/aromatic N) is 2. The Morgan fingerprint density at radius 1 is 1.02 bits per heavy atom. The Kier molecular flexibility index (Phi) is 10.5. The molecule has 1 aromatic carbocycles. The van der Waals surface area contributed by atoms with Gasteiger partial charge in [-0.25, -0.2) is 4.79 Å². The molecule has 2 fully saturated rings. The first-order chi connectivity index (χ1) is 20.0. The molecule has 1 N–H and O–H groups in total. The molecule has 1 aromatic rings. The largest absolute Gasteiger partial charge is 0.444 e. The first kappa shape index (κ1) is 31.4. The van der Waals surface area contributed by atoms with Crippen molar-refractivity contribution in [3.05, 3.63) is 29.3 Å². The number of ether oxygens (including phenoxy) is 2. The summed E-state index contributed by atoms with van der Waals surface area (Å²) in [7, 11) is 0. The Labute approximate surface area is 249 Å². The summed E-state index contributed by atoms with van der Waals surface area (Å²) in [6.45, 7) is 7.83. The van der Waals surface area contributed by atoms with Gasteiger partial charge in [-0.2, -0.15) is 0 Å². The lowest BCUT2D eigenvalue weighted by atomic mass is 9.91. The molecular weight excluding hydrogens is 534 g/mol. The van der Waals surface area contributed by atoms with E-state index in [1.165, 1.54) is 11.1 Å². The number of rotatable bonds is 8. The van der Waals surface area contributed by atoms with Crippen molar-refractivity contribution in [3.63, 3.8) is 0 Å². The lowest BCUT2D eigenvalue weighted by Crippen LogP contribution is -2.48. The van der Waals surface area contributed by atoms with Gasteiger partial charge in [0.05, 0.1) is 12.3 Å². The maximum absolute atomic E-state index is 13.0. The van der Waals surface area contributed by atoms with Crippen LogP contribution in [0.25, 0.3) is 0 Å². The van der Waals surface area contributed by atoms with Crippen molar-refractivity contribution in [2.45, 2.75) is 96.6 Å². The number of nitrogens with one attached hydrogen (secondary N) is 1. The molecule has 4 rings (SSSR count). The molecule has 0 aromatic heterocycles. The van der Waals surface area contributed by atoms with Crippen LogP contribution >= 0.6 is 0 Å². The van der Waals surface area contributed by atoms with E-state index in [1.54, 1.807) is 15.9 Å². The Balaban J connectivity index is 1.18. The third kappa shape index (κ3) is 8.98. The van der Waals surface area contributed by atoms with E-state index in [2.05, 4.69) is 11.2 Å². The molecule has 3 aliphatic rings. The van der Waals surface area contributed by atoms with Gasteiger partial charge >= 0.3 is 12.1 Å². The summed E-state index contributed by atoms with van der Waals surface area (Å²) in [5, 5.41) is 2.81. The number of fused-ring (bicyclic) bond motifs is 1. The van der Waals surface area contributed by atoms with Crippen LogP contribution < -0.4 is 10.1 Å². The molecule has 42 heavy (non-hydrogen) atoms. The maximum atomic E-state index is 13.0. The highest BCUT2D eigenvalue weighted by Crippen LogP contribution is 2.27. The van der Waals surface area contributed by atoms with Crippen molar-refractivity contribution >= 4 is 23.9 Å². The first-order valence-corrected chi connectivity index (χ1v) is 15.4. The molecule has 1 aliphatic carbocycles. The number of hydrogen-bond acceptors (Lipinski definition) is 6. The number of benzene rings is 1. The fraction of sp³-hybridized carbons (Fsp3) is 0.636. The monoisotopic (exact) mass is 579 g/mol. The summed E-state index contributed by atoms with van der Waals surface area (Å²) in [4.78, 5) is 54.4. The number of esters is 1. The van der Waals surface area contributed by atoms with E-state index in [0.717, 1.165) is 44.9 Å². The third-order valence-corrected chi connectivity index (χ3v) is 8.37. The van der Waals surface area contributed by atoms with Crippen molar-refractivity contribution in [1.29, 1.82) is 0 Å². The van der Waals surface area contributed by atoms with Crippen molar-refractivity contribution in [1.82, 2.24) is 15.1 Å². The van der Waals surface area contributed by atoms with Gasteiger partial charge in [0.15, 0.2) is 0 Å². The molecular formula is C33H45N3O6. The zero-order valence-electron chi connectivity index (χ0n) is 25.3. The van der Waals surface area contributed by atoms with Crippen molar-refractivity contribution in [2.75, 3.05) is 26.2 Å². The number of amides is 3. The smallest absolute Gasteiger partial charge is 0.410 e. The van der Waals surface area contributed by atoms with Gasteiger partial charge in [-0.1, -0.05) is 12.0 Å². The molecule has 0 bridgehead atoms. The maximum Gasteiger partial charge on any atom is 0.410 e. The van der Waals surface area contributed by atoms with Crippen LogP contribution in [0.3, 0.4) is 0 Å². The minimum atomic E-state index is -0.781. The molecule has 3 amide bonds. The number of carbonyl (C=O) groups excluding carboxylic acids is 4. The van der Waals surface area contributed by atoms with Gasteiger partial charge in [-0.3, -0.25) is 14.4 Å². The predicted octanol–water partition coefficient (Wildman–Crippen LogP) is 4.25. The number of terminal acetylenes is 1. The van der Waals surface area contributed by atoms with Crippen LogP contribution in [0.15, 0.2) is 18.2 Å². The van der Waals surface area contributed by atoms with Crippen LogP contribution in [-0.2, 0) is 32.0 Å². The van der Waals surface area contributed by atoms with Gasteiger partial charge in [0.1, 0.15) is 17.4 Å². The summed E-state index contributed by atoms with van der Waals surface area (Å²) in [6, 6.07) is 4.92. The van der Waals surface area contributed by atoms with Gasteiger partial charge in [-0.05, 0) is 101 Å². The first-order valence-electron chi connectivity index (χ1n) is 15.4. The van der Waals surface area contributed by atoms with E-state index in [0.29, 0.717) is 50.7 Å². The highest BCUT2D eigenvalue weighted by molar-refractivity contribution is 5.83. The molecule has 0 saturated carbocycles. The van der Waals surface area contributed by atoms with Crippen LogP contribution in [0.4, 0.5) is 4.79 Å². The second-order valence-electron chi connectivity index (χ2n) is 12.8. The molecule has 2 atom stereocenters. The normalized spacial score (nSPS) is 19.8. The fourth-order valence-corrected chi connectivity index (χ4v) is 6.03. The van der Waals surface area contributed by atoms with Crippen molar-refractivity contribution < 1.29 is 28.7 Å². The van der Waals surface area contributed by atoms with Crippen molar-refractivity contribution in [2.24, 2.45) is 11.8 Å². The lowest BCUT2D eigenvalue weighted by Gasteiger charge is -2.34. The molecule has 0 unspecified atom stereocenters. The molecule has 9 heteroatoms. The zero-order valence-corrected chi connectivity index (χ0v) is 25.3. The van der Waals surface area contributed by atoms with Crippen LogP contribution in [0, 0.1) is 24.2 Å². The summed E-state index contributed by atoms with van der Waals surface area (Å²) in [6.07, 6.45) is 12.7. The summed E-state index contributed by atoms with van der Waals surface area (Å²) >= 11 is 0. The van der Waals surface area contributed by atoms with Crippen molar-refractivity contribution in [3.8, 4) is 18.1 Å². The van der Waals surface area contributed by atoms with Gasteiger partial charge in [0.2, 0.25) is 11.8 Å². The quantitative estimate of drug-likeness (QED) is 0.280. The average Bonchev–Trinajstić information content (AvgIpc) is 3.43. The summed E-state index contributed by atoms with van der Waals surface area (Å²) < 4.78 is 11.0. The Bertz CT molecular complexity index is 1190. The van der Waals surface area contributed by atoms with E-state index in [9.17, 15) is 19.2 Å². The lowest BCUT2D eigenvalue weighted by molar-refractivity contribution is -0.136. The number of hydrogen-bond donors (Lipinski definition) is 1. The molecule has 2 heterocycles. The van der Waals surface area contributed by atoms with Gasteiger partial charge < -0.3 is 24.6 Å². The van der Waals surface area contributed by atoms with E-state index < -0.39 is 17.6 Å². The molecule has 228 valence electrons. The summed E-state index contributed by atoms with van der Waals surface area (Å²) in [5.41, 5.74) is 1.99. The SMILES string of the molecule is C#C[C@H](CC(=O)Oc1ccc2c(c1)CCC2)NC(=O)[C@@H]1CCCN(C(=O)CCC2CCN(C(=O)OC(C)(C)C)CC2)C1. The average molecular weight is 580 g/mol. The second kappa shape index (κ2) is 14.1. The molecule has 0 radical (unpaired) electrons. The Morgan fingerprint density at radius 2 is 1.76 bits per heavy atom. The predicted molar refractivity (Wildman–Crippen MR) is 159 cm³/mol. The Morgan fingerprint density at radius 3 is 2.48 bits per heavy atom. The van der Waals surface area contributed by atoms with Gasteiger partial charge in [-0.15, -0.1) is 6.42 Å². The minimum absolute atomic E-state index is 0.0495. The van der Waals surface area contributed by atoms with E-state index >= 15 is 0 Å². The number of piperidine rings is 2. The molecule has 2 aliphatic heterocycles. The van der Waals surface area contributed by atoms with Crippen LogP contribution in [0.2, 0.25) is 0 Å². The van der Waals surface area contributed by atoms with E-state index in [-0.39, 0.29) is 30.2 Å². The van der Waals surface area contributed by atoms with E-state index in [1.807, 2.05) is 32.9 Å². The number of likely N-dealkylation sites (tertiary alicyclic amines) is 2. The van der Waals surface area contributed by atoms with E-state index in [4.69, 9.17) is 15.9 Å².